The topological polar surface area (TPSA) is 61.4 Å². The molecule has 27 heavy (non-hydrogen) atoms. The zero-order valence-electron chi connectivity index (χ0n) is 15.6. The largest absolute Gasteiger partial charge is 0.358 e. The SMILES string of the molecule is CC[C@@H](CNC(=O)c1ccc2c(c1)NC(=O)[C@H]1CCCN21)c1ccccc1. The van der Waals surface area contributed by atoms with Gasteiger partial charge in [0.25, 0.3) is 5.91 Å². The molecule has 0 saturated carbocycles. The van der Waals surface area contributed by atoms with Crippen LogP contribution in [0, 0.1) is 0 Å². The second kappa shape index (κ2) is 7.43. The lowest BCUT2D eigenvalue weighted by Crippen LogP contribution is -2.44. The second-order valence-corrected chi connectivity index (χ2v) is 7.30. The molecule has 2 aliphatic heterocycles. The molecule has 2 N–H and O–H groups in total. The van der Waals surface area contributed by atoms with Crippen molar-refractivity contribution in [3.8, 4) is 0 Å². The Morgan fingerprint density at radius 3 is 2.85 bits per heavy atom. The van der Waals surface area contributed by atoms with E-state index in [1.165, 1.54) is 5.56 Å². The maximum atomic E-state index is 12.7. The summed E-state index contributed by atoms with van der Waals surface area (Å²) in [4.78, 5) is 27.1. The highest BCUT2D eigenvalue weighted by molar-refractivity contribution is 6.06. The Morgan fingerprint density at radius 1 is 1.26 bits per heavy atom. The average Bonchev–Trinajstić information content (AvgIpc) is 3.19. The normalized spacial score (nSPS) is 19.1. The van der Waals surface area contributed by atoms with Crippen molar-refractivity contribution >= 4 is 23.2 Å². The van der Waals surface area contributed by atoms with Crippen LogP contribution in [0.5, 0.6) is 0 Å². The van der Waals surface area contributed by atoms with E-state index in [4.69, 9.17) is 0 Å². The summed E-state index contributed by atoms with van der Waals surface area (Å²) in [5, 5.41) is 6.02. The van der Waals surface area contributed by atoms with Crippen molar-refractivity contribution in [1.82, 2.24) is 5.32 Å². The molecule has 1 saturated heterocycles. The highest BCUT2D eigenvalue weighted by Gasteiger charge is 2.36. The third-order valence-electron chi connectivity index (χ3n) is 5.65. The minimum Gasteiger partial charge on any atom is -0.358 e. The standard InChI is InChI=1S/C22H25N3O2/c1-2-15(16-7-4-3-5-8-16)14-23-21(26)17-10-11-19-18(13-17)24-22(27)20-9-6-12-25(19)20/h3-5,7-8,10-11,13,15,20H,2,6,9,12,14H2,1H3,(H,23,26)(H,24,27)/t15-,20+/m0/s1. The quantitative estimate of drug-likeness (QED) is 0.854. The van der Waals surface area contributed by atoms with E-state index in [2.05, 4.69) is 34.6 Å². The second-order valence-electron chi connectivity index (χ2n) is 7.30. The highest BCUT2D eigenvalue weighted by Crippen LogP contribution is 2.37. The predicted octanol–water partition coefficient (Wildman–Crippen LogP) is 3.53. The lowest BCUT2D eigenvalue weighted by molar-refractivity contribution is -0.117. The molecule has 2 aliphatic rings. The zero-order chi connectivity index (χ0) is 18.8. The molecule has 2 atom stereocenters. The van der Waals surface area contributed by atoms with Crippen LogP contribution in [0.4, 0.5) is 11.4 Å². The van der Waals surface area contributed by atoms with E-state index in [0.29, 0.717) is 12.1 Å². The number of carbonyl (C=O) groups excluding carboxylic acids is 2. The van der Waals surface area contributed by atoms with Gasteiger partial charge in [-0.25, -0.2) is 0 Å². The molecule has 5 heteroatoms. The molecule has 0 aromatic heterocycles. The van der Waals surface area contributed by atoms with Gasteiger partial charge in [0.1, 0.15) is 6.04 Å². The van der Waals surface area contributed by atoms with Gasteiger partial charge in [0.15, 0.2) is 0 Å². The summed E-state index contributed by atoms with van der Waals surface area (Å²) < 4.78 is 0. The minimum atomic E-state index is -0.107. The van der Waals surface area contributed by atoms with Gasteiger partial charge in [-0.15, -0.1) is 0 Å². The van der Waals surface area contributed by atoms with Gasteiger partial charge in [-0.1, -0.05) is 37.3 Å². The molecule has 0 bridgehead atoms. The van der Waals surface area contributed by atoms with Gasteiger partial charge >= 0.3 is 0 Å². The molecule has 4 rings (SSSR count). The number of amides is 2. The van der Waals surface area contributed by atoms with Crippen molar-refractivity contribution in [1.29, 1.82) is 0 Å². The van der Waals surface area contributed by atoms with E-state index in [-0.39, 0.29) is 23.8 Å². The summed E-state index contributed by atoms with van der Waals surface area (Å²) in [6, 6.07) is 15.8. The number of carbonyl (C=O) groups is 2. The summed E-state index contributed by atoms with van der Waals surface area (Å²) in [5.41, 5.74) is 3.57. The Balaban J connectivity index is 1.47. The fourth-order valence-corrected chi connectivity index (χ4v) is 4.11. The number of nitrogens with zero attached hydrogens (tertiary/aromatic N) is 1. The summed E-state index contributed by atoms with van der Waals surface area (Å²) in [5.74, 6) is 0.218. The van der Waals surface area contributed by atoms with Gasteiger partial charge in [0.2, 0.25) is 5.91 Å². The predicted molar refractivity (Wildman–Crippen MR) is 107 cm³/mol. The first kappa shape index (κ1) is 17.6. The number of benzene rings is 2. The molecule has 140 valence electrons. The fourth-order valence-electron chi connectivity index (χ4n) is 4.11. The van der Waals surface area contributed by atoms with Crippen molar-refractivity contribution in [2.75, 3.05) is 23.3 Å². The van der Waals surface area contributed by atoms with E-state index in [1.54, 1.807) is 6.07 Å². The van der Waals surface area contributed by atoms with Crippen LogP contribution in [0.1, 0.15) is 48.0 Å². The molecular weight excluding hydrogens is 338 g/mol. The van der Waals surface area contributed by atoms with Crippen LogP contribution in [-0.2, 0) is 4.79 Å². The van der Waals surface area contributed by atoms with Gasteiger partial charge in [-0.05, 0) is 43.0 Å². The van der Waals surface area contributed by atoms with E-state index in [9.17, 15) is 9.59 Å². The van der Waals surface area contributed by atoms with Gasteiger partial charge in [-0.3, -0.25) is 9.59 Å². The Hall–Kier alpha value is -2.82. The third kappa shape index (κ3) is 3.42. The summed E-state index contributed by atoms with van der Waals surface area (Å²) in [6.07, 6.45) is 2.88. The lowest BCUT2D eigenvalue weighted by Gasteiger charge is -2.33. The van der Waals surface area contributed by atoms with Crippen LogP contribution in [-0.4, -0.2) is 30.9 Å². The van der Waals surface area contributed by atoms with Crippen molar-refractivity contribution in [2.45, 2.75) is 38.1 Å². The lowest BCUT2D eigenvalue weighted by atomic mass is 9.96. The number of hydrogen-bond acceptors (Lipinski definition) is 3. The first-order valence-electron chi connectivity index (χ1n) is 9.72. The van der Waals surface area contributed by atoms with Crippen molar-refractivity contribution in [2.24, 2.45) is 0 Å². The summed E-state index contributed by atoms with van der Waals surface area (Å²) >= 11 is 0. The molecular formula is C22H25N3O2. The third-order valence-corrected chi connectivity index (χ3v) is 5.65. The summed E-state index contributed by atoms with van der Waals surface area (Å²) in [7, 11) is 0. The summed E-state index contributed by atoms with van der Waals surface area (Å²) in [6.45, 7) is 3.62. The van der Waals surface area contributed by atoms with Crippen LogP contribution in [0.2, 0.25) is 0 Å². The molecule has 1 fully saturated rings. The van der Waals surface area contributed by atoms with Crippen molar-refractivity contribution in [3.63, 3.8) is 0 Å². The molecule has 5 nitrogen and oxygen atoms in total. The Kier molecular flexibility index (Phi) is 4.84. The number of anilines is 2. The number of nitrogens with one attached hydrogen (secondary N) is 2. The van der Waals surface area contributed by atoms with Crippen molar-refractivity contribution in [3.05, 3.63) is 59.7 Å². The van der Waals surface area contributed by atoms with Crippen LogP contribution in [0.25, 0.3) is 0 Å². The first-order chi connectivity index (χ1) is 13.2. The van der Waals surface area contributed by atoms with Gasteiger partial charge in [-0.2, -0.15) is 0 Å². The molecule has 0 unspecified atom stereocenters. The maximum Gasteiger partial charge on any atom is 0.251 e. The van der Waals surface area contributed by atoms with Crippen LogP contribution in [0.3, 0.4) is 0 Å². The zero-order valence-corrected chi connectivity index (χ0v) is 15.6. The molecule has 2 heterocycles. The Labute approximate surface area is 159 Å². The van der Waals surface area contributed by atoms with Gasteiger partial charge in [0.05, 0.1) is 11.4 Å². The van der Waals surface area contributed by atoms with E-state index < -0.39 is 0 Å². The molecule has 2 aromatic carbocycles. The molecule has 2 amide bonds. The molecule has 0 spiro atoms. The molecule has 2 aromatic rings. The molecule has 0 aliphatic carbocycles. The number of rotatable bonds is 5. The van der Waals surface area contributed by atoms with Gasteiger partial charge < -0.3 is 15.5 Å². The van der Waals surface area contributed by atoms with Crippen LogP contribution >= 0.6 is 0 Å². The Bertz CT molecular complexity index is 850. The smallest absolute Gasteiger partial charge is 0.251 e. The van der Waals surface area contributed by atoms with E-state index >= 15 is 0 Å². The van der Waals surface area contributed by atoms with Crippen LogP contribution in [0.15, 0.2) is 48.5 Å². The Morgan fingerprint density at radius 2 is 2.07 bits per heavy atom. The average molecular weight is 363 g/mol. The van der Waals surface area contributed by atoms with Crippen LogP contribution < -0.4 is 15.5 Å². The fraction of sp³-hybridized carbons (Fsp3) is 0.364. The first-order valence-corrected chi connectivity index (χ1v) is 9.72. The minimum absolute atomic E-state index is 0.0349. The van der Waals surface area contributed by atoms with E-state index in [0.717, 1.165) is 37.2 Å². The van der Waals surface area contributed by atoms with E-state index in [1.807, 2.05) is 30.3 Å². The number of fused-ring (bicyclic) bond motifs is 3. The molecule has 0 radical (unpaired) electrons. The van der Waals surface area contributed by atoms with Crippen molar-refractivity contribution < 1.29 is 9.59 Å². The number of hydrogen-bond donors (Lipinski definition) is 2. The maximum absolute atomic E-state index is 12.7. The van der Waals surface area contributed by atoms with Gasteiger partial charge in [0, 0.05) is 24.6 Å². The monoisotopic (exact) mass is 363 g/mol. The highest BCUT2D eigenvalue weighted by atomic mass is 16.2.